The maximum Gasteiger partial charge on any atom is 0.218 e. The van der Waals surface area contributed by atoms with E-state index in [-0.39, 0.29) is 11.9 Å². The second-order valence-corrected chi connectivity index (χ2v) is 3.46. The highest BCUT2D eigenvalue weighted by Crippen LogP contribution is 2.18. The van der Waals surface area contributed by atoms with E-state index in [2.05, 4.69) is 5.32 Å². The largest absolute Gasteiger partial charge is 0.381 e. The minimum Gasteiger partial charge on any atom is -0.381 e. The first kappa shape index (κ1) is 10.5. The summed E-state index contributed by atoms with van der Waals surface area (Å²) in [5.41, 5.74) is 5.17. The van der Waals surface area contributed by atoms with Crippen molar-refractivity contribution in [2.75, 3.05) is 19.8 Å². The fraction of sp³-hybridized carbons (Fsp3) is 0.889. The first-order valence-electron chi connectivity index (χ1n) is 4.83. The van der Waals surface area contributed by atoms with Crippen molar-refractivity contribution in [2.45, 2.75) is 25.8 Å². The number of nitrogens with one attached hydrogen (secondary N) is 1. The van der Waals surface area contributed by atoms with Crippen molar-refractivity contribution >= 4 is 5.91 Å². The Bertz CT molecular complexity index is 167. The molecule has 0 aromatic heterocycles. The molecule has 13 heavy (non-hydrogen) atoms. The molecule has 4 heteroatoms. The second kappa shape index (κ2) is 5.19. The van der Waals surface area contributed by atoms with Gasteiger partial charge < -0.3 is 15.8 Å². The number of rotatable bonds is 5. The fourth-order valence-electron chi connectivity index (χ4n) is 1.75. The van der Waals surface area contributed by atoms with Gasteiger partial charge in [-0.2, -0.15) is 0 Å². The molecule has 0 saturated carbocycles. The lowest BCUT2D eigenvalue weighted by Crippen LogP contribution is -2.39. The van der Waals surface area contributed by atoms with Gasteiger partial charge in [0, 0.05) is 25.0 Å². The molecule has 2 unspecified atom stereocenters. The predicted molar refractivity (Wildman–Crippen MR) is 50.2 cm³/mol. The average Bonchev–Trinajstić information content (AvgIpc) is 2.54. The van der Waals surface area contributed by atoms with Crippen LogP contribution in [0, 0.1) is 5.92 Å². The Hall–Kier alpha value is -0.610. The summed E-state index contributed by atoms with van der Waals surface area (Å²) in [5, 5.41) is 3.28. The summed E-state index contributed by atoms with van der Waals surface area (Å²) < 4.78 is 5.27. The summed E-state index contributed by atoms with van der Waals surface area (Å²) in [6.45, 7) is 4.47. The number of hydrogen-bond donors (Lipinski definition) is 2. The van der Waals surface area contributed by atoms with Gasteiger partial charge in [-0.05, 0) is 13.0 Å². The topological polar surface area (TPSA) is 64.3 Å². The minimum absolute atomic E-state index is 0.199. The first-order valence-corrected chi connectivity index (χ1v) is 4.83. The first-order chi connectivity index (χ1) is 6.24. The number of primary amides is 1. The third kappa shape index (κ3) is 3.32. The summed E-state index contributed by atoms with van der Waals surface area (Å²) in [7, 11) is 0. The Balaban J connectivity index is 2.39. The van der Waals surface area contributed by atoms with Crippen LogP contribution in [0.5, 0.6) is 0 Å². The zero-order chi connectivity index (χ0) is 9.68. The predicted octanol–water partition coefficient (Wildman–Crippen LogP) is -0.124. The lowest BCUT2D eigenvalue weighted by molar-refractivity contribution is -0.118. The van der Waals surface area contributed by atoms with Crippen LogP contribution in [0.2, 0.25) is 0 Å². The Kier molecular flexibility index (Phi) is 4.18. The van der Waals surface area contributed by atoms with Gasteiger partial charge in [0.05, 0.1) is 6.61 Å². The fourth-order valence-corrected chi connectivity index (χ4v) is 1.75. The highest BCUT2D eigenvalue weighted by molar-refractivity contribution is 5.74. The maximum absolute atomic E-state index is 10.8. The molecule has 4 nitrogen and oxygen atoms in total. The molecular formula is C9H18N2O2. The number of nitrogens with two attached hydrogens (primary N) is 1. The molecule has 3 N–H and O–H groups in total. The molecule has 0 radical (unpaired) electrons. The van der Waals surface area contributed by atoms with Crippen molar-refractivity contribution in [1.29, 1.82) is 0 Å². The summed E-state index contributed by atoms with van der Waals surface area (Å²) in [6.07, 6.45) is 1.45. The van der Waals surface area contributed by atoms with Crippen LogP contribution in [-0.2, 0) is 9.53 Å². The van der Waals surface area contributed by atoms with E-state index < -0.39 is 0 Å². The van der Waals surface area contributed by atoms with E-state index in [0.29, 0.717) is 12.3 Å². The van der Waals surface area contributed by atoms with Gasteiger partial charge in [0.25, 0.3) is 0 Å². The average molecular weight is 186 g/mol. The van der Waals surface area contributed by atoms with E-state index in [1.165, 1.54) is 0 Å². The van der Waals surface area contributed by atoms with Gasteiger partial charge in [0.15, 0.2) is 0 Å². The van der Waals surface area contributed by atoms with Crippen LogP contribution >= 0.6 is 0 Å². The number of hydrogen-bond acceptors (Lipinski definition) is 3. The molecule has 0 aromatic rings. The van der Waals surface area contributed by atoms with Gasteiger partial charge in [0.1, 0.15) is 0 Å². The molecule has 0 bridgehead atoms. The van der Waals surface area contributed by atoms with Crippen LogP contribution in [-0.4, -0.2) is 31.7 Å². The number of ether oxygens (including phenoxy) is 1. The Morgan fingerprint density at radius 1 is 1.77 bits per heavy atom. The van der Waals surface area contributed by atoms with Gasteiger partial charge in [-0.3, -0.25) is 4.79 Å². The van der Waals surface area contributed by atoms with Gasteiger partial charge in [-0.25, -0.2) is 0 Å². The summed E-state index contributed by atoms with van der Waals surface area (Å²) in [5.74, 6) is 0.213. The molecule has 76 valence electrons. The minimum atomic E-state index is -0.238. The molecule has 1 saturated heterocycles. The number of carbonyl (C=O) groups is 1. The van der Waals surface area contributed by atoms with E-state index in [1.54, 1.807) is 0 Å². The van der Waals surface area contributed by atoms with Gasteiger partial charge in [-0.1, -0.05) is 6.92 Å². The molecule has 1 rings (SSSR count). The van der Waals surface area contributed by atoms with Crippen molar-refractivity contribution < 1.29 is 9.53 Å². The van der Waals surface area contributed by atoms with Gasteiger partial charge in [0.2, 0.25) is 5.91 Å². The molecule has 0 aliphatic carbocycles. The van der Waals surface area contributed by atoms with E-state index in [1.807, 2.05) is 6.92 Å². The van der Waals surface area contributed by atoms with E-state index in [9.17, 15) is 4.79 Å². The lowest BCUT2D eigenvalue weighted by atomic mass is 9.96. The molecule has 1 heterocycles. The molecular weight excluding hydrogens is 168 g/mol. The quantitative estimate of drug-likeness (QED) is 0.629. The van der Waals surface area contributed by atoms with Crippen LogP contribution in [0.4, 0.5) is 0 Å². The smallest absolute Gasteiger partial charge is 0.218 e. The third-order valence-corrected chi connectivity index (χ3v) is 2.42. The summed E-state index contributed by atoms with van der Waals surface area (Å²) in [4.78, 5) is 10.8. The van der Waals surface area contributed by atoms with Crippen LogP contribution in [0.1, 0.15) is 19.8 Å². The molecule has 1 aliphatic heterocycles. The van der Waals surface area contributed by atoms with Gasteiger partial charge >= 0.3 is 0 Å². The molecule has 0 aromatic carbocycles. The normalized spacial score (nSPS) is 24.5. The number of amides is 1. The zero-order valence-electron chi connectivity index (χ0n) is 8.08. The Labute approximate surface area is 78.8 Å². The monoisotopic (exact) mass is 186 g/mol. The second-order valence-electron chi connectivity index (χ2n) is 3.46. The summed E-state index contributed by atoms with van der Waals surface area (Å²) >= 11 is 0. The Morgan fingerprint density at radius 2 is 2.54 bits per heavy atom. The van der Waals surface area contributed by atoms with Crippen LogP contribution in [0.3, 0.4) is 0 Å². The van der Waals surface area contributed by atoms with Crippen molar-refractivity contribution in [3.63, 3.8) is 0 Å². The van der Waals surface area contributed by atoms with Crippen molar-refractivity contribution in [3.05, 3.63) is 0 Å². The Morgan fingerprint density at radius 3 is 3.00 bits per heavy atom. The SMILES string of the molecule is CCNC(CC(N)=O)C1CCOC1. The van der Waals surface area contributed by atoms with E-state index in [0.717, 1.165) is 26.2 Å². The van der Waals surface area contributed by atoms with Crippen molar-refractivity contribution in [1.82, 2.24) is 5.32 Å². The van der Waals surface area contributed by atoms with E-state index >= 15 is 0 Å². The highest BCUT2D eigenvalue weighted by Gasteiger charge is 2.25. The molecule has 1 aliphatic rings. The van der Waals surface area contributed by atoms with E-state index in [4.69, 9.17) is 10.5 Å². The van der Waals surface area contributed by atoms with Gasteiger partial charge in [-0.15, -0.1) is 0 Å². The molecule has 2 atom stereocenters. The molecule has 1 fully saturated rings. The van der Waals surface area contributed by atoms with Crippen LogP contribution in [0.15, 0.2) is 0 Å². The standard InChI is InChI=1S/C9H18N2O2/c1-2-11-8(5-9(10)12)7-3-4-13-6-7/h7-8,11H,2-6H2,1H3,(H2,10,12). The third-order valence-electron chi connectivity index (χ3n) is 2.42. The van der Waals surface area contributed by atoms with Crippen LogP contribution in [0.25, 0.3) is 0 Å². The maximum atomic E-state index is 10.8. The molecule has 0 spiro atoms. The lowest BCUT2D eigenvalue weighted by Gasteiger charge is -2.21. The zero-order valence-corrected chi connectivity index (χ0v) is 8.08. The van der Waals surface area contributed by atoms with Crippen molar-refractivity contribution in [2.24, 2.45) is 11.7 Å². The van der Waals surface area contributed by atoms with Crippen molar-refractivity contribution in [3.8, 4) is 0 Å². The summed E-state index contributed by atoms with van der Waals surface area (Å²) in [6, 6.07) is 0.199. The highest BCUT2D eigenvalue weighted by atomic mass is 16.5. The van der Waals surface area contributed by atoms with Crippen LogP contribution < -0.4 is 11.1 Å². The number of carbonyl (C=O) groups excluding carboxylic acids is 1. The molecule has 1 amide bonds.